The molecule has 0 atom stereocenters. The van der Waals surface area contributed by atoms with Crippen molar-refractivity contribution in [1.29, 1.82) is 0 Å². The maximum absolute atomic E-state index is 12.0. The number of nitrogens with one attached hydrogen (secondary N) is 2. The van der Waals surface area contributed by atoms with Gasteiger partial charge in [-0.3, -0.25) is 20.4 Å². The summed E-state index contributed by atoms with van der Waals surface area (Å²) in [5.41, 5.74) is 4.84. The van der Waals surface area contributed by atoms with Gasteiger partial charge in [-0.05, 0) is 48.0 Å². The molecule has 23 heavy (non-hydrogen) atoms. The first kappa shape index (κ1) is 17.7. The average molecular weight is 419 g/mol. The molecule has 2 aromatic rings. The Hall–Kier alpha value is -1.64. The summed E-state index contributed by atoms with van der Waals surface area (Å²) in [5, 5.41) is 0.222. The van der Waals surface area contributed by atoms with Crippen LogP contribution in [-0.4, -0.2) is 22.9 Å². The van der Waals surface area contributed by atoms with Gasteiger partial charge >= 0.3 is 0 Å². The van der Waals surface area contributed by atoms with E-state index in [4.69, 9.17) is 16.3 Å². The maximum Gasteiger partial charge on any atom is 0.279 e. The van der Waals surface area contributed by atoms with Crippen LogP contribution in [0.25, 0.3) is 0 Å². The molecule has 2 heterocycles. The molecule has 0 spiro atoms. The van der Waals surface area contributed by atoms with Gasteiger partial charge in [-0.1, -0.05) is 11.6 Å². The normalized spacial score (nSPS) is 10.5. The van der Waals surface area contributed by atoms with Crippen LogP contribution in [0.1, 0.15) is 33.9 Å². The van der Waals surface area contributed by atoms with Crippen LogP contribution in [0.4, 0.5) is 0 Å². The van der Waals surface area contributed by atoms with Crippen molar-refractivity contribution in [2.24, 2.45) is 0 Å². The number of aromatic nitrogens is 1. The van der Waals surface area contributed by atoms with Crippen molar-refractivity contribution >= 4 is 50.7 Å². The molecule has 0 aromatic carbocycles. The lowest BCUT2D eigenvalue weighted by molar-refractivity contribution is 0.0848. The second-order valence-electron chi connectivity index (χ2n) is 4.69. The summed E-state index contributed by atoms with van der Waals surface area (Å²) in [6.07, 6.45) is 1.25. The highest BCUT2D eigenvalue weighted by molar-refractivity contribution is 9.11. The van der Waals surface area contributed by atoms with Gasteiger partial charge in [0.1, 0.15) is 5.02 Å². The topological polar surface area (TPSA) is 80.3 Å². The number of hydrogen-bond acceptors (Lipinski definition) is 5. The Bertz CT molecular complexity index is 736. The van der Waals surface area contributed by atoms with Crippen molar-refractivity contribution in [3.63, 3.8) is 0 Å². The molecule has 2 aromatic heterocycles. The van der Waals surface area contributed by atoms with E-state index in [0.29, 0.717) is 4.88 Å². The summed E-state index contributed by atoms with van der Waals surface area (Å²) in [7, 11) is 0. The number of carbonyl (C=O) groups is 2. The van der Waals surface area contributed by atoms with Crippen molar-refractivity contribution in [2.75, 3.05) is 0 Å². The molecule has 0 fully saturated rings. The Labute approximate surface area is 150 Å². The molecule has 2 rings (SSSR count). The third-order valence-electron chi connectivity index (χ3n) is 2.50. The predicted molar refractivity (Wildman–Crippen MR) is 92.0 cm³/mol. The fourth-order valence-electron chi connectivity index (χ4n) is 1.54. The number of amides is 2. The van der Waals surface area contributed by atoms with Gasteiger partial charge in [-0.25, -0.2) is 4.98 Å². The first-order valence-corrected chi connectivity index (χ1v) is 8.53. The molecular weight excluding hydrogens is 406 g/mol. The van der Waals surface area contributed by atoms with E-state index in [-0.39, 0.29) is 22.6 Å². The molecule has 6 nitrogen and oxygen atoms in total. The van der Waals surface area contributed by atoms with Crippen LogP contribution in [0.3, 0.4) is 0 Å². The van der Waals surface area contributed by atoms with E-state index < -0.39 is 11.8 Å². The van der Waals surface area contributed by atoms with Gasteiger partial charge < -0.3 is 4.74 Å². The Morgan fingerprint density at radius 2 is 2.00 bits per heavy atom. The highest BCUT2D eigenvalue weighted by atomic mass is 79.9. The van der Waals surface area contributed by atoms with Crippen molar-refractivity contribution in [1.82, 2.24) is 15.8 Å². The highest BCUT2D eigenvalue weighted by Crippen LogP contribution is 2.23. The Morgan fingerprint density at radius 1 is 1.30 bits per heavy atom. The average Bonchev–Trinajstić information content (AvgIpc) is 2.92. The molecule has 0 aliphatic heterocycles. The van der Waals surface area contributed by atoms with E-state index >= 15 is 0 Å². The highest BCUT2D eigenvalue weighted by Gasteiger charge is 2.14. The van der Waals surface area contributed by atoms with Crippen LogP contribution >= 0.6 is 38.9 Å². The van der Waals surface area contributed by atoms with E-state index in [1.54, 1.807) is 12.1 Å². The van der Waals surface area contributed by atoms with Crippen LogP contribution in [0.15, 0.2) is 28.2 Å². The number of hydrazine groups is 1. The smallest absolute Gasteiger partial charge is 0.279 e. The van der Waals surface area contributed by atoms with Crippen LogP contribution in [0.2, 0.25) is 5.02 Å². The minimum absolute atomic E-state index is 0.0796. The summed E-state index contributed by atoms with van der Waals surface area (Å²) in [5.74, 6) is -0.682. The van der Waals surface area contributed by atoms with Gasteiger partial charge in [0.2, 0.25) is 5.88 Å². The van der Waals surface area contributed by atoms with Crippen molar-refractivity contribution in [3.8, 4) is 5.88 Å². The van der Waals surface area contributed by atoms with Gasteiger partial charge in [0.15, 0.2) is 0 Å². The van der Waals surface area contributed by atoms with Crippen molar-refractivity contribution < 1.29 is 14.3 Å². The number of ether oxygens (including phenoxy) is 1. The molecule has 0 radical (unpaired) electrons. The molecule has 122 valence electrons. The summed E-state index contributed by atoms with van der Waals surface area (Å²) >= 11 is 10.5. The predicted octanol–water partition coefficient (Wildman–Crippen LogP) is 3.42. The second kappa shape index (κ2) is 7.76. The monoisotopic (exact) mass is 417 g/mol. The molecule has 0 saturated heterocycles. The summed E-state index contributed by atoms with van der Waals surface area (Å²) in [4.78, 5) is 28.3. The minimum atomic E-state index is -0.528. The summed E-state index contributed by atoms with van der Waals surface area (Å²) < 4.78 is 6.22. The maximum atomic E-state index is 12.0. The lowest BCUT2D eigenvalue weighted by atomic mass is 10.3. The number of hydrogen-bond donors (Lipinski definition) is 2. The molecule has 2 amide bonds. The first-order valence-electron chi connectivity index (χ1n) is 6.55. The molecule has 0 aliphatic carbocycles. The fraction of sp³-hybridized carbons (Fsp3) is 0.214. The third kappa shape index (κ3) is 4.92. The van der Waals surface area contributed by atoms with Crippen molar-refractivity contribution in [3.05, 3.63) is 43.6 Å². The summed E-state index contributed by atoms with van der Waals surface area (Å²) in [6, 6.07) is 4.82. The van der Waals surface area contributed by atoms with Crippen LogP contribution in [0, 0.1) is 0 Å². The van der Waals surface area contributed by atoms with E-state index in [2.05, 4.69) is 31.8 Å². The molecule has 2 N–H and O–H groups in total. The number of halogens is 2. The summed E-state index contributed by atoms with van der Waals surface area (Å²) in [6.45, 7) is 3.69. The zero-order chi connectivity index (χ0) is 17.0. The standard InChI is InChI=1S/C14H13BrClN3O3S/c1-7(2)22-14-9(16)5-8(6-17-14)12(20)18-19-13(21)10-3-4-11(15)23-10/h3-7H,1-2H3,(H,18,20)(H,19,21). The molecule has 0 bridgehead atoms. The largest absolute Gasteiger partial charge is 0.474 e. The zero-order valence-electron chi connectivity index (χ0n) is 12.2. The second-order valence-corrected chi connectivity index (χ2v) is 7.56. The Balaban J connectivity index is 1.98. The number of pyridine rings is 1. The molecule has 9 heteroatoms. The number of rotatable bonds is 4. The Kier molecular flexibility index (Phi) is 5.97. The third-order valence-corrected chi connectivity index (χ3v) is 4.40. The van der Waals surface area contributed by atoms with Crippen molar-refractivity contribution in [2.45, 2.75) is 20.0 Å². The van der Waals surface area contributed by atoms with Gasteiger partial charge in [0.05, 0.1) is 20.3 Å². The number of thiophene rings is 1. The van der Waals surface area contributed by atoms with E-state index in [0.717, 1.165) is 3.79 Å². The van der Waals surface area contributed by atoms with Gasteiger partial charge in [0, 0.05) is 6.20 Å². The van der Waals surface area contributed by atoms with Crippen LogP contribution < -0.4 is 15.6 Å². The zero-order valence-corrected chi connectivity index (χ0v) is 15.4. The molecule has 0 aliphatic rings. The van der Waals surface area contributed by atoms with Gasteiger partial charge in [0.25, 0.3) is 11.8 Å². The SMILES string of the molecule is CC(C)Oc1ncc(C(=O)NNC(=O)c2ccc(Br)s2)cc1Cl. The molecule has 0 unspecified atom stereocenters. The van der Waals surface area contributed by atoms with E-state index in [1.807, 2.05) is 13.8 Å². The lowest BCUT2D eigenvalue weighted by Gasteiger charge is -2.11. The number of carbonyl (C=O) groups excluding carboxylic acids is 2. The van der Waals surface area contributed by atoms with Gasteiger partial charge in [-0.2, -0.15) is 0 Å². The first-order chi connectivity index (χ1) is 10.9. The quantitative estimate of drug-likeness (QED) is 0.746. The Morgan fingerprint density at radius 3 is 2.57 bits per heavy atom. The minimum Gasteiger partial charge on any atom is -0.474 e. The van der Waals surface area contributed by atoms with E-state index in [9.17, 15) is 9.59 Å². The van der Waals surface area contributed by atoms with Crippen LogP contribution in [0.5, 0.6) is 5.88 Å². The van der Waals surface area contributed by atoms with E-state index in [1.165, 1.54) is 23.6 Å². The number of nitrogens with zero attached hydrogens (tertiary/aromatic N) is 1. The fourth-order valence-corrected chi connectivity index (χ4v) is 3.04. The van der Waals surface area contributed by atoms with Gasteiger partial charge in [-0.15, -0.1) is 11.3 Å². The lowest BCUT2D eigenvalue weighted by Crippen LogP contribution is -2.41. The molecular formula is C14H13BrClN3O3S. The molecule has 0 saturated carbocycles. The van der Waals surface area contributed by atoms with Crippen LogP contribution in [-0.2, 0) is 0 Å².